The van der Waals surface area contributed by atoms with Gasteiger partial charge in [-0.05, 0) is 29.8 Å². The number of carbonyl (C=O) groups is 1. The topological polar surface area (TPSA) is 62.2 Å². The molecule has 1 amide bonds. The zero-order valence-corrected chi connectivity index (χ0v) is 9.43. The van der Waals surface area contributed by atoms with Gasteiger partial charge in [0.15, 0.2) is 0 Å². The number of phenols is 1. The van der Waals surface area contributed by atoms with Gasteiger partial charge in [-0.1, -0.05) is 12.1 Å². The number of aromatic hydroxyl groups is 1. The van der Waals surface area contributed by atoms with E-state index < -0.39 is 5.95 Å². The second kappa shape index (κ2) is 5.27. The first-order valence-corrected chi connectivity index (χ1v) is 5.33. The van der Waals surface area contributed by atoms with Crippen molar-refractivity contribution in [2.75, 3.05) is 0 Å². The number of hydrogen-bond donors (Lipinski definition) is 2. The minimum Gasteiger partial charge on any atom is -0.508 e. The molecule has 0 bridgehead atoms. The van der Waals surface area contributed by atoms with Crippen molar-refractivity contribution >= 4 is 5.91 Å². The molecule has 1 heterocycles. The van der Waals surface area contributed by atoms with Crippen molar-refractivity contribution < 1.29 is 14.3 Å². The Morgan fingerprint density at radius 2 is 1.94 bits per heavy atom. The van der Waals surface area contributed by atoms with E-state index >= 15 is 0 Å². The molecule has 0 saturated heterocycles. The predicted octanol–water partition coefficient (Wildman–Crippen LogP) is 1.86. The third-order valence-corrected chi connectivity index (χ3v) is 2.38. The lowest BCUT2D eigenvalue weighted by atomic mass is 10.2. The maximum Gasteiger partial charge on any atom is 0.253 e. The number of nitrogens with one attached hydrogen (secondary N) is 1. The van der Waals surface area contributed by atoms with Crippen LogP contribution >= 0.6 is 0 Å². The SMILES string of the molecule is O=C(NCc1ccc(O)cc1)c1ccc(F)nc1. The first-order chi connectivity index (χ1) is 8.65. The summed E-state index contributed by atoms with van der Waals surface area (Å²) in [6.45, 7) is 0.330. The van der Waals surface area contributed by atoms with Gasteiger partial charge in [0.05, 0.1) is 5.56 Å². The molecule has 0 spiro atoms. The van der Waals surface area contributed by atoms with Crippen molar-refractivity contribution in [1.82, 2.24) is 10.3 Å². The van der Waals surface area contributed by atoms with Gasteiger partial charge in [0.25, 0.3) is 5.91 Å². The van der Waals surface area contributed by atoms with Crippen molar-refractivity contribution in [3.8, 4) is 5.75 Å². The highest BCUT2D eigenvalue weighted by Crippen LogP contribution is 2.09. The molecule has 18 heavy (non-hydrogen) atoms. The molecule has 1 aromatic carbocycles. The number of halogens is 1. The lowest BCUT2D eigenvalue weighted by molar-refractivity contribution is 0.0950. The van der Waals surface area contributed by atoms with Crippen LogP contribution in [0.15, 0.2) is 42.6 Å². The van der Waals surface area contributed by atoms with E-state index in [1.807, 2.05) is 0 Å². The highest BCUT2D eigenvalue weighted by Gasteiger charge is 2.05. The van der Waals surface area contributed by atoms with Crippen LogP contribution in [-0.4, -0.2) is 16.0 Å². The molecule has 0 atom stereocenters. The molecule has 2 N–H and O–H groups in total. The van der Waals surface area contributed by atoms with E-state index in [-0.39, 0.29) is 11.7 Å². The number of phenolic OH excluding ortho intramolecular Hbond substituents is 1. The van der Waals surface area contributed by atoms with E-state index in [0.29, 0.717) is 12.1 Å². The van der Waals surface area contributed by atoms with Crippen LogP contribution in [0.1, 0.15) is 15.9 Å². The number of pyridine rings is 1. The average molecular weight is 246 g/mol. The van der Waals surface area contributed by atoms with E-state index in [9.17, 15) is 9.18 Å². The summed E-state index contributed by atoms with van der Waals surface area (Å²) >= 11 is 0. The van der Waals surface area contributed by atoms with E-state index in [0.717, 1.165) is 11.6 Å². The molecule has 92 valence electrons. The smallest absolute Gasteiger partial charge is 0.253 e. The Morgan fingerprint density at radius 1 is 1.22 bits per heavy atom. The maximum atomic E-state index is 12.6. The van der Waals surface area contributed by atoms with Crippen LogP contribution in [0.25, 0.3) is 0 Å². The summed E-state index contributed by atoms with van der Waals surface area (Å²) in [5.41, 5.74) is 1.16. The minimum atomic E-state index is -0.620. The van der Waals surface area contributed by atoms with Crippen LogP contribution in [0.2, 0.25) is 0 Å². The molecular formula is C13H11FN2O2. The van der Waals surface area contributed by atoms with Gasteiger partial charge >= 0.3 is 0 Å². The fraction of sp³-hybridized carbons (Fsp3) is 0.0769. The number of aromatic nitrogens is 1. The summed E-state index contributed by atoms with van der Waals surface area (Å²) in [7, 11) is 0. The van der Waals surface area contributed by atoms with Gasteiger partial charge in [0.1, 0.15) is 5.75 Å². The molecule has 0 aliphatic heterocycles. The molecule has 4 nitrogen and oxygen atoms in total. The summed E-state index contributed by atoms with van der Waals surface area (Å²) in [6, 6.07) is 9.00. The number of rotatable bonds is 3. The molecule has 2 rings (SSSR count). The number of carbonyl (C=O) groups excluding carboxylic acids is 1. The monoisotopic (exact) mass is 246 g/mol. The Labute approximate surface area is 103 Å². The second-order valence-corrected chi connectivity index (χ2v) is 3.72. The summed E-state index contributed by atoms with van der Waals surface area (Å²) < 4.78 is 12.6. The molecule has 0 aliphatic rings. The maximum absolute atomic E-state index is 12.6. The third-order valence-electron chi connectivity index (χ3n) is 2.38. The van der Waals surface area contributed by atoms with Crippen LogP contribution in [-0.2, 0) is 6.54 Å². The summed E-state index contributed by atoms with van der Waals surface area (Å²) in [6.07, 6.45) is 1.18. The van der Waals surface area contributed by atoms with Crippen molar-refractivity contribution in [1.29, 1.82) is 0 Å². The summed E-state index contributed by atoms with van der Waals surface area (Å²) in [4.78, 5) is 15.1. The van der Waals surface area contributed by atoms with E-state index in [2.05, 4.69) is 10.3 Å². The van der Waals surface area contributed by atoms with Crippen molar-refractivity contribution in [2.24, 2.45) is 0 Å². The van der Waals surface area contributed by atoms with Gasteiger partial charge in [-0.25, -0.2) is 4.98 Å². The third kappa shape index (κ3) is 3.04. The first kappa shape index (κ1) is 12.0. The Kier molecular flexibility index (Phi) is 3.52. The Bertz CT molecular complexity index is 538. The molecule has 0 saturated carbocycles. The average Bonchev–Trinajstić information content (AvgIpc) is 2.38. The molecule has 0 unspecified atom stereocenters. The van der Waals surface area contributed by atoms with Crippen LogP contribution in [0.4, 0.5) is 4.39 Å². The summed E-state index contributed by atoms with van der Waals surface area (Å²) in [5, 5.41) is 11.8. The summed E-state index contributed by atoms with van der Waals surface area (Å²) in [5.74, 6) is -0.770. The number of benzene rings is 1. The molecule has 0 radical (unpaired) electrons. The molecule has 1 aromatic heterocycles. The highest BCUT2D eigenvalue weighted by molar-refractivity contribution is 5.93. The van der Waals surface area contributed by atoms with Gasteiger partial charge < -0.3 is 10.4 Å². The zero-order chi connectivity index (χ0) is 13.0. The number of hydrogen-bond acceptors (Lipinski definition) is 3. The Balaban J connectivity index is 1.96. The fourth-order valence-electron chi connectivity index (χ4n) is 1.41. The standard InChI is InChI=1S/C13H11FN2O2/c14-12-6-3-10(8-15-12)13(18)16-7-9-1-4-11(17)5-2-9/h1-6,8,17H,7H2,(H,16,18). The minimum absolute atomic E-state index is 0.174. The molecule has 5 heteroatoms. The van der Waals surface area contributed by atoms with Gasteiger partial charge in [0.2, 0.25) is 5.95 Å². The first-order valence-electron chi connectivity index (χ1n) is 5.33. The quantitative estimate of drug-likeness (QED) is 0.812. The van der Waals surface area contributed by atoms with Crippen LogP contribution in [0.3, 0.4) is 0 Å². The Hall–Kier alpha value is -2.43. The van der Waals surface area contributed by atoms with E-state index in [4.69, 9.17) is 5.11 Å². The molecule has 0 aliphatic carbocycles. The second-order valence-electron chi connectivity index (χ2n) is 3.72. The number of nitrogens with zero attached hydrogens (tertiary/aromatic N) is 1. The van der Waals surface area contributed by atoms with Crippen molar-refractivity contribution in [3.05, 3.63) is 59.7 Å². The van der Waals surface area contributed by atoms with Gasteiger partial charge in [-0.2, -0.15) is 4.39 Å². The lowest BCUT2D eigenvalue weighted by Crippen LogP contribution is -2.22. The van der Waals surface area contributed by atoms with E-state index in [1.54, 1.807) is 24.3 Å². The predicted molar refractivity (Wildman–Crippen MR) is 63.5 cm³/mol. The molecule has 2 aromatic rings. The molecular weight excluding hydrogens is 235 g/mol. The van der Waals surface area contributed by atoms with Gasteiger partial charge in [-0.15, -0.1) is 0 Å². The van der Waals surface area contributed by atoms with Crippen LogP contribution in [0, 0.1) is 5.95 Å². The Morgan fingerprint density at radius 3 is 2.56 bits per heavy atom. The van der Waals surface area contributed by atoms with E-state index in [1.165, 1.54) is 12.3 Å². The largest absolute Gasteiger partial charge is 0.508 e. The normalized spacial score (nSPS) is 10.1. The number of amides is 1. The fourth-order valence-corrected chi connectivity index (χ4v) is 1.41. The van der Waals surface area contributed by atoms with Crippen molar-refractivity contribution in [3.63, 3.8) is 0 Å². The van der Waals surface area contributed by atoms with Gasteiger partial charge in [-0.3, -0.25) is 4.79 Å². The molecule has 0 fully saturated rings. The lowest BCUT2D eigenvalue weighted by Gasteiger charge is -2.05. The zero-order valence-electron chi connectivity index (χ0n) is 9.43. The van der Waals surface area contributed by atoms with Crippen LogP contribution in [0.5, 0.6) is 5.75 Å². The van der Waals surface area contributed by atoms with Crippen LogP contribution < -0.4 is 5.32 Å². The highest BCUT2D eigenvalue weighted by atomic mass is 19.1. The van der Waals surface area contributed by atoms with Crippen molar-refractivity contribution in [2.45, 2.75) is 6.54 Å². The van der Waals surface area contributed by atoms with Gasteiger partial charge in [0, 0.05) is 12.7 Å².